The Morgan fingerprint density at radius 1 is 1.29 bits per heavy atom. The van der Waals surface area contributed by atoms with Crippen molar-refractivity contribution in [2.45, 2.75) is 37.9 Å². The van der Waals surface area contributed by atoms with E-state index in [-0.39, 0.29) is 11.6 Å². The molecule has 2 N–H and O–H groups in total. The van der Waals surface area contributed by atoms with Crippen LogP contribution < -0.4 is 15.5 Å². The van der Waals surface area contributed by atoms with Crippen LogP contribution in [0.15, 0.2) is 24.3 Å². The molecule has 3 amide bonds. The lowest BCUT2D eigenvalue weighted by molar-refractivity contribution is -0.137. The van der Waals surface area contributed by atoms with Crippen LogP contribution in [0.2, 0.25) is 0 Å². The number of alkyl halides is 3. The maximum Gasteiger partial charge on any atom is 0.416 e. The van der Waals surface area contributed by atoms with Crippen molar-refractivity contribution in [1.29, 1.82) is 0 Å². The third-order valence-electron chi connectivity index (χ3n) is 3.10. The lowest BCUT2D eigenvalue weighted by atomic mass is 10.1. The third-order valence-corrected chi connectivity index (χ3v) is 4.16. The van der Waals surface area contributed by atoms with Gasteiger partial charge < -0.3 is 15.5 Å². The lowest BCUT2D eigenvalue weighted by Gasteiger charge is -2.22. The van der Waals surface area contributed by atoms with Crippen molar-refractivity contribution < 1.29 is 22.8 Å². The second-order valence-electron chi connectivity index (χ2n) is 6.34. The number of halogens is 3. The summed E-state index contributed by atoms with van der Waals surface area (Å²) in [6.45, 7) is 5.39. The number of amides is 3. The first-order valence-corrected chi connectivity index (χ1v) is 8.21. The van der Waals surface area contributed by atoms with Crippen molar-refractivity contribution in [3.05, 3.63) is 29.8 Å². The van der Waals surface area contributed by atoms with E-state index in [4.69, 9.17) is 0 Å². The summed E-state index contributed by atoms with van der Waals surface area (Å²) in [5, 5.41) is 4.36. The van der Waals surface area contributed by atoms with Gasteiger partial charge in [0.05, 0.1) is 11.4 Å². The summed E-state index contributed by atoms with van der Waals surface area (Å²) in [4.78, 5) is 25.4. The lowest BCUT2D eigenvalue weighted by Crippen LogP contribution is -2.50. The quantitative estimate of drug-likeness (QED) is 0.851. The van der Waals surface area contributed by atoms with Gasteiger partial charge in [-0.25, -0.2) is 4.79 Å². The predicted molar refractivity (Wildman–Crippen MR) is 86.6 cm³/mol. The van der Waals surface area contributed by atoms with Crippen LogP contribution in [0.1, 0.15) is 26.3 Å². The molecule has 1 aromatic carbocycles. The molecule has 24 heavy (non-hydrogen) atoms. The van der Waals surface area contributed by atoms with Crippen LogP contribution in [0.25, 0.3) is 0 Å². The average Bonchev–Trinajstić information content (AvgIpc) is 2.77. The Bertz CT molecular complexity index is 644. The molecule has 132 valence electrons. The van der Waals surface area contributed by atoms with Crippen molar-refractivity contribution in [2.24, 2.45) is 0 Å². The maximum absolute atomic E-state index is 12.8. The zero-order chi connectivity index (χ0) is 18.1. The topological polar surface area (TPSA) is 61.4 Å². The summed E-state index contributed by atoms with van der Waals surface area (Å²) < 4.78 is 38.4. The standard InChI is InChI=1S/C15H18F3N3O2S/c1-14(2,3)20-13(23)19-11-12(22)21(8-24-11)10-6-4-5-9(7-10)15(16,17)18/h4-7,11H,8H2,1-3H3,(H2,19,20,23). The monoisotopic (exact) mass is 361 g/mol. The summed E-state index contributed by atoms with van der Waals surface area (Å²) in [5.41, 5.74) is -1.13. The molecule has 0 radical (unpaired) electrons. The van der Waals surface area contributed by atoms with Crippen molar-refractivity contribution in [1.82, 2.24) is 10.6 Å². The van der Waals surface area contributed by atoms with E-state index in [1.165, 1.54) is 17.0 Å². The summed E-state index contributed by atoms with van der Waals surface area (Å²) in [5.74, 6) is -0.288. The van der Waals surface area contributed by atoms with E-state index in [9.17, 15) is 22.8 Å². The van der Waals surface area contributed by atoms with Gasteiger partial charge in [-0.3, -0.25) is 4.79 Å². The van der Waals surface area contributed by atoms with Gasteiger partial charge in [0.2, 0.25) is 0 Å². The second-order valence-corrected chi connectivity index (χ2v) is 7.40. The summed E-state index contributed by atoms with van der Waals surface area (Å²) in [6, 6.07) is 4.06. The van der Waals surface area contributed by atoms with Gasteiger partial charge in [-0.15, -0.1) is 11.8 Å². The number of nitrogens with one attached hydrogen (secondary N) is 2. The van der Waals surface area contributed by atoms with Crippen molar-refractivity contribution in [3.8, 4) is 0 Å². The highest BCUT2D eigenvalue weighted by atomic mass is 32.2. The Hall–Kier alpha value is -1.90. The maximum atomic E-state index is 12.8. The number of thioether (sulfide) groups is 1. The van der Waals surface area contributed by atoms with Crippen LogP contribution in [0.5, 0.6) is 0 Å². The van der Waals surface area contributed by atoms with Gasteiger partial charge in [0, 0.05) is 11.2 Å². The van der Waals surface area contributed by atoms with Crippen LogP contribution in [0.4, 0.5) is 23.7 Å². The van der Waals surface area contributed by atoms with Crippen LogP contribution in [-0.2, 0) is 11.0 Å². The molecular formula is C15H18F3N3O2S. The van der Waals surface area contributed by atoms with Crippen LogP contribution in [0.3, 0.4) is 0 Å². The van der Waals surface area contributed by atoms with Crippen molar-refractivity contribution >= 4 is 29.4 Å². The van der Waals surface area contributed by atoms with Crippen LogP contribution in [0, 0.1) is 0 Å². The first kappa shape index (κ1) is 18.4. The number of hydrogen-bond donors (Lipinski definition) is 2. The van der Waals surface area contributed by atoms with E-state index in [1.54, 1.807) is 20.8 Å². The van der Waals surface area contributed by atoms with E-state index < -0.39 is 34.6 Å². The highest BCUT2D eigenvalue weighted by Gasteiger charge is 2.36. The molecule has 2 rings (SSSR count). The number of urea groups is 1. The van der Waals surface area contributed by atoms with E-state index in [0.29, 0.717) is 0 Å². The zero-order valence-corrected chi connectivity index (χ0v) is 14.2. The van der Waals surface area contributed by atoms with Gasteiger partial charge in [0.25, 0.3) is 5.91 Å². The Labute approximate surface area is 142 Å². The van der Waals surface area contributed by atoms with Gasteiger partial charge in [-0.1, -0.05) is 6.07 Å². The molecule has 1 atom stereocenters. The zero-order valence-electron chi connectivity index (χ0n) is 13.4. The van der Waals surface area contributed by atoms with Gasteiger partial charge >= 0.3 is 12.2 Å². The fourth-order valence-corrected chi connectivity index (χ4v) is 3.11. The number of rotatable bonds is 2. The Morgan fingerprint density at radius 3 is 2.54 bits per heavy atom. The third kappa shape index (κ3) is 4.56. The molecule has 1 aromatic rings. The number of anilines is 1. The SMILES string of the molecule is CC(C)(C)NC(=O)NC1SCN(c2cccc(C(F)(F)F)c2)C1=O. The molecule has 1 saturated heterocycles. The smallest absolute Gasteiger partial charge is 0.334 e. The number of carbonyl (C=O) groups is 2. The van der Waals surface area contributed by atoms with Crippen LogP contribution >= 0.6 is 11.8 Å². The molecule has 9 heteroatoms. The largest absolute Gasteiger partial charge is 0.416 e. The minimum atomic E-state index is -4.48. The summed E-state index contributed by atoms with van der Waals surface area (Å²) in [7, 11) is 0. The predicted octanol–water partition coefficient (Wildman–Crippen LogP) is 3.17. The first-order valence-electron chi connectivity index (χ1n) is 7.16. The normalized spacial score (nSPS) is 18.7. The average molecular weight is 361 g/mol. The minimum absolute atomic E-state index is 0.155. The molecule has 0 aliphatic carbocycles. The van der Waals surface area contributed by atoms with E-state index in [0.717, 1.165) is 23.9 Å². The molecule has 0 saturated carbocycles. The van der Waals surface area contributed by atoms with Crippen LogP contribution in [-0.4, -0.2) is 28.7 Å². The fourth-order valence-electron chi connectivity index (χ4n) is 2.08. The van der Waals surface area contributed by atoms with E-state index >= 15 is 0 Å². The second kappa shape index (κ2) is 6.54. The highest BCUT2D eigenvalue weighted by Crippen LogP contribution is 2.34. The summed E-state index contributed by atoms with van der Waals surface area (Å²) in [6.07, 6.45) is -4.48. The molecule has 0 spiro atoms. The molecule has 0 bridgehead atoms. The Balaban J connectivity index is 2.08. The molecule has 0 aromatic heterocycles. The molecule has 1 fully saturated rings. The Kier molecular flexibility index (Phi) is 5.03. The van der Waals surface area contributed by atoms with E-state index in [2.05, 4.69) is 10.6 Å². The van der Waals surface area contributed by atoms with E-state index in [1.807, 2.05) is 0 Å². The van der Waals surface area contributed by atoms with Gasteiger partial charge in [0.1, 0.15) is 0 Å². The minimum Gasteiger partial charge on any atom is -0.334 e. The molecule has 5 nitrogen and oxygen atoms in total. The fraction of sp³-hybridized carbons (Fsp3) is 0.467. The summed E-state index contributed by atoms with van der Waals surface area (Å²) >= 11 is 1.14. The highest BCUT2D eigenvalue weighted by molar-refractivity contribution is 8.01. The number of hydrogen-bond acceptors (Lipinski definition) is 3. The molecule has 1 aliphatic heterocycles. The number of carbonyl (C=O) groups excluding carboxylic acids is 2. The Morgan fingerprint density at radius 2 is 1.96 bits per heavy atom. The molecule has 1 aliphatic rings. The number of benzene rings is 1. The number of nitrogens with zero attached hydrogens (tertiary/aromatic N) is 1. The molecule has 1 heterocycles. The van der Waals surface area contributed by atoms with Gasteiger partial charge in [-0.2, -0.15) is 13.2 Å². The van der Waals surface area contributed by atoms with Crippen molar-refractivity contribution in [3.63, 3.8) is 0 Å². The molecule has 1 unspecified atom stereocenters. The van der Waals surface area contributed by atoms with Gasteiger partial charge in [-0.05, 0) is 39.0 Å². The van der Waals surface area contributed by atoms with Gasteiger partial charge in [0.15, 0.2) is 5.37 Å². The first-order chi connectivity index (χ1) is 11.0. The molecular weight excluding hydrogens is 343 g/mol. The van der Waals surface area contributed by atoms with Crippen molar-refractivity contribution in [2.75, 3.05) is 10.8 Å².